The largest absolute Gasteiger partial charge is 0.389 e. The molecule has 0 aliphatic rings. The molecule has 0 radical (unpaired) electrons. The number of nitriles is 1. The highest BCUT2D eigenvalue weighted by Crippen LogP contribution is 2.26. The van der Waals surface area contributed by atoms with Crippen LogP contribution in [0.4, 0.5) is 0 Å². The maximum Gasteiger partial charge on any atom is 0.100 e. The number of rotatable bonds is 2. The number of fused-ring (bicyclic) bond motifs is 1. The van der Waals surface area contributed by atoms with Crippen molar-refractivity contribution in [3.8, 4) is 11.8 Å². The average Bonchev–Trinajstić information content (AvgIpc) is 2.90. The van der Waals surface area contributed by atoms with Crippen molar-refractivity contribution in [1.29, 1.82) is 5.26 Å². The van der Waals surface area contributed by atoms with Crippen LogP contribution in [0.2, 0.25) is 0 Å². The van der Waals surface area contributed by atoms with Crippen LogP contribution in [0.25, 0.3) is 16.7 Å². The van der Waals surface area contributed by atoms with Crippen molar-refractivity contribution in [2.45, 2.75) is 13.0 Å². The van der Waals surface area contributed by atoms with Crippen molar-refractivity contribution >= 4 is 11.0 Å². The summed E-state index contributed by atoms with van der Waals surface area (Å²) in [6.07, 6.45) is 1.10. The molecule has 3 rings (SSSR count). The molecule has 3 aromatic rings. The fraction of sp³-hybridized carbons (Fsp3) is 0.125. The average molecular weight is 263 g/mol. The zero-order valence-electron chi connectivity index (χ0n) is 11.0. The van der Waals surface area contributed by atoms with Crippen LogP contribution in [0.15, 0.2) is 48.8 Å². The Kier molecular flexibility index (Phi) is 2.97. The molecule has 20 heavy (non-hydrogen) atoms. The van der Waals surface area contributed by atoms with Crippen LogP contribution in [-0.2, 0) is 0 Å². The van der Waals surface area contributed by atoms with Gasteiger partial charge in [0.1, 0.15) is 6.33 Å². The van der Waals surface area contributed by atoms with Crippen LogP contribution in [0.3, 0.4) is 0 Å². The molecule has 0 fully saturated rings. The van der Waals surface area contributed by atoms with E-state index in [1.54, 1.807) is 31.5 Å². The molecule has 1 heterocycles. The van der Waals surface area contributed by atoms with Gasteiger partial charge in [0.15, 0.2) is 0 Å². The molecular weight excluding hydrogens is 250 g/mol. The molecule has 0 bridgehead atoms. The summed E-state index contributed by atoms with van der Waals surface area (Å²) in [7, 11) is 0. The SMILES string of the molecule is C[C@@H](O)c1ccc(C#N)cc1-n1cnc2ccccc21. The van der Waals surface area contributed by atoms with Gasteiger partial charge in [0.2, 0.25) is 0 Å². The highest BCUT2D eigenvalue weighted by Gasteiger charge is 2.13. The van der Waals surface area contributed by atoms with Crippen LogP contribution >= 0.6 is 0 Å². The van der Waals surface area contributed by atoms with Crippen molar-refractivity contribution in [3.63, 3.8) is 0 Å². The van der Waals surface area contributed by atoms with Crippen LogP contribution in [0.5, 0.6) is 0 Å². The molecule has 0 amide bonds. The van der Waals surface area contributed by atoms with Crippen LogP contribution < -0.4 is 0 Å². The second-order valence-corrected chi connectivity index (χ2v) is 4.66. The van der Waals surface area contributed by atoms with Gasteiger partial charge in [-0.1, -0.05) is 18.2 Å². The molecule has 98 valence electrons. The minimum atomic E-state index is -0.612. The molecule has 0 unspecified atom stereocenters. The molecule has 4 nitrogen and oxygen atoms in total. The van der Waals surface area contributed by atoms with Crippen molar-refractivity contribution in [3.05, 3.63) is 59.9 Å². The molecule has 0 aliphatic heterocycles. The quantitative estimate of drug-likeness (QED) is 0.773. The number of aromatic nitrogens is 2. The first-order valence-corrected chi connectivity index (χ1v) is 6.35. The topological polar surface area (TPSA) is 61.8 Å². The lowest BCUT2D eigenvalue weighted by atomic mass is 10.1. The summed E-state index contributed by atoms with van der Waals surface area (Å²) in [4.78, 5) is 4.35. The zero-order chi connectivity index (χ0) is 14.1. The van der Waals surface area contributed by atoms with E-state index in [-0.39, 0.29) is 0 Å². The Hall–Kier alpha value is -2.64. The third-order valence-electron chi connectivity index (χ3n) is 3.32. The highest BCUT2D eigenvalue weighted by atomic mass is 16.3. The Labute approximate surface area is 116 Å². The van der Waals surface area contributed by atoms with Gasteiger partial charge in [0.25, 0.3) is 0 Å². The van der Waals surface area contributed by atoms with E-state index in [1.807, 2.05) is 28.8 Å². The van der Waals surface area contributed by atoms with Gasteiger partial charge < -0.3 is 5.11 Å². The fourth-order valence-corrected chi connectivity index (χ4v) is 2.33. The van der Waals surface area contributed by atoms with Gasteiger partial charge in [-0.05, 0) is 31.2 Å². The molecule has 0 spiro atoms. The third kappa shape index (κ3) is 1.94. The summed E-state index contributed by atoms with van der Waals surface area (Å²) in [5.74, 6) is 0. The first-order valence-electron chi connectivity index (χ1n) is 6.35. The van der Waals surface area contributed by atoms with E-state index in [0.29, 0.717) is 5.56 Å². The monoisotopic (exact) mass is 263 g/mol. The summed E-state index contributed by atoms with van der Waals surface area (Å²) in [6.45, 7) is 1.71. The number of para-hydroxylation sites is 2. The Morgan fingerprint density at radius 2 is 2.05 bits per heavy atom. The van der Waals surface area contributed by atoms with Crippen molar-refractivity contribution in [2.75, 3.05) is 0 Å². The lowest BCUT2D eigenvalue weighted by molar-refractivity contribution is 0.199. The lowest BCUT2D eigenvalue weighted by Crippen LogP contribution is -2.02. The van der Waals surface area contributed by atoms with Crippen LogP contribution in [0, 0.1) is 11.3 Å². The summed E-state index contributed by atoms with van der Waals surface area (Å²) >= 11 is 0. The summed E-state index contributed by atoms with van der Waals surface area (Å²) in [5.41, 5.74) is 3.94. The molecule has 1 aromatic heterocycles. The van der Waals surface area contributed by atoms with Gasteiger partial charge in [-0.15, -0.1) is 0 Å². The van der Waals surface area contributed by atoms with E-state index < -0.39 is 6.10 Å². The molecule has 0 aliphatic carbocycles. The molecule has 4 heteroatoms. The van der Waals surface area contributed by atoms with Gasteiger partial charge in [0, 0.05) is 5.56 Å². The number of nitrogens with zero attached hydrogens (tertiary/aromatic N) is 3. The van der Waals surface area contributed by atoms with E-state index in [9.17, 15) is 5.11 Å². The van der Waals surface area contributed by atoms with Gasteiger partial charge in [-0.2, -0.15) is 5.26 Å². The smallest absolute Gasteiger partial charge is 0.100 e. The van der Waals surface area contributed by atoms with Crippen molar-refractivity contribution in [1.82, 2.24) is 9.55 Å². The fourth-order valence-electron chi connectivity index (χ4n) is 2.33. The molecule has 1 N–H and O–H groups in total. The maximum atomic E-state index is 9.92. The Morgan fingerprint density at radius 3 is 2.80 bits per heavy atom. The number of hydrogen-bond acceptors (Lipinski definition) is 3. The first kappa shape index (κ1) is 12.4. The Morgan fingerprint density at radius 1 is 1.25 bits per heavy atom. The number of aliphatic hydroxyl groups is 1. The van der Waals surface area contributed by atoms with Crippen molar-refractivity contribution < 1.29 is 5.11 Å². The van der Waals surface area contributed by atoms with Crippen LogP contribution in [0.1, 0.15) is 24.2 Å². The normalized spacial score (nSPS) is 12.2. The summed E-state index contributed by atoms with van der Waals surface area (Å²) < 4.78 is 1.90. The second-order valence-electron chi connectivity index (χ2n) is 4.66. The van der Waals surface area contributed by atoms with E-state index >= 15 is 0 Å². The standard InChI is InChI=1S/C16H13N3O/c1-11(20)13-7-6-12(9-17)8-16(13)19-10-18-14-4-2-3-5-15(14)19/h2-8,10-11,20H,1H3/t11-/m1/s1. The van der Waals surface area contributed by atoms with E-state index in [1.165, 1.54) is 0 Å². The summed E-state index contributed by atoms with van der Waals surface area (Å²) in [6, 6.07) is 15.2. The Bertz CT molecular complexity index is 812. The minimum absolute atomic E-state index is 0.558. The molecule has 1 atom stereocenters. The molecule has 0 saturated heterocycles. The van der Waals surface area contributed by atoms with E-state index in [4.69, 9.17) is 5.26 Å². The maximum absolute atomic E-state index is 9.92. The predicted octanol–water partition coefficient (Wildman–Crippen LogP) is 2.95. The molecular formula is C16H13N3O. The van der Waals surface area contributed by atoms with Gasteiger partial charge in [0.05, 0.1) is 34.5 Å². The van der Waals surface area contributed by atoms with E-state index in [0.717, 1.165) is 22.3 Å². The van der Waals surface area contributed by atoms with Crippen LogP contribution in [-0.4, -0.2) is 14.7 Å². The lowest BCUT2D eigenvalue weighted by Gasteiger charge is -2.14. The van der Waals surface area contributed by atoms with Gasteiger partial charge in [-0.25, -0.2) is 4.98 Å². The zero-order valence-corrected chi connectivity index (χ0v) is 11.0. The van der Waals surface area contributed by atoms with Gasteiger partial charge >= 0.3 is 0 Å². The second kappa shape index (κ2) is 4.80. The number of aliphatic hydroxyl groups excluding tert-OH is 1. The highest BCUT2D eigenvalue weighted by molar-refractivity contribution is 5.77. The molecule has 0 saturated carbocycles. The van der Waals surface area contributed by atoms with Crippen molar-refractivity contribution in [2.24, 2.45) is 0 Å². The number of imidazole rings is 1. The molecule has 2 aromatic carbocycles. The Balaban J connectivity index is 2.30. The first-order chi connectivity index (χ1) is 9.70. The number of hydrogen-bond donors (Lipinski definition) is 1. The number of benzene rings is 2. The predicted molar refractivity (Wildman–Crippen MR) is 76.4 cm³/mol. The summed E-state index contributed by atoms with van der Waals surface area (Å²) in [5, 5.41) is 19.0. The van der Waals surface area contributed by atoms with Gasteiger partial charge in [-0.3, -0.25) is 4.57 Å². The minimum Gasteiger partial charge on any atom is -0.389 e. The third-order valence-corrected chi connectivity index (χ3v) is 3.32. The van der Waals surface area contributed by atoms with E-state index in [2.05, 4.69) is 11.1 Å².